The molecule has 1 saturated heterocycles. The average molecular weight is 352 g/mol. The Kier molecular flexibility index (Phi) is 5.22. The predicted molar refractivity (Wildman–Crippen MR) is 87.5 cm³/mol. The van der Waals surface area contributed by atoms with Crippen LogP contribution in [-0.4, -0.2) is 41.8 Å². The van der Waals surface area contributed by atoms with Gasteiger partial charge in [-0.3, -0.25) is 0 Å². The van der Waals surface area contributed by atoms with Gasteiger partial charge in [-0.05, 0) is 24.3 Å². The molecule has 0 saturated carbocycles. The standard InChI is InChI=1S/C16H18ClN3O4/c17-12-7-19-20(8-12)13-1-3-14(4-2-13)23-10-11-9-22-6-5-15(11)24-16(18)21/h1-4,7-8,11,15H,5-6,9-10H2,(H2,18,21)/t11-,15+/m1/s1. The van der Waals surface area contributed by atoms with Gasteiger partial charge in [0, 0.05) is 12.6 Å². The molecule has 2 atom stereocenters. The van der Waals surface area contributed by atoms with Crippen molar-refractivity contribution in [1.82, 2.24) is 9.78 Å². The van der Waals surface area contributed by atoms with E-state index in [0.29, 0.717) is 37.0 Å². The van der Waals surface area contributed by atoms with E-state index in [1.807, 2.05) is 24.3 Å². The maximum Gasteiger partial charge on any atom is 0.404 e. The van der Waals surface area contributed by atoms with Crippen molar-refractivity contribution < 1.29 is 19.0 Å². The van der Waals surface area contributed by atoms with Crippen LogP contribution in [0.15, 0.2) is 36.7 Å². The number of carbonyl (C=O) groups is 1. The first-order chi connectivity index (χ1) is 11.6. The Morgan fingerprint density at radius 2 is 2.21 bits per heavy atom. The first-order valence-corrected chi connectivity index (χ1v) is 7.97. The molecule has 8 heteroatoms. The third kappa shape index (κ3) is 4.18. The largest absolute Gasteiger partial charge is 0.493 e. The van der Waals surface area contributed by atoms with Crippen LogP contribution in [0.1, 0.15) is 6.42 Å². The fourth-order valence-corrected chi connectivity index (χ4v) is 2.71. The number of aromatic nitrogens is 2. The highest BCUT2D eigenvalue weighted by molar-refractivity contribution is 6.30. The highest BCUT2D eigenvalue weighted by Crippen LogP contribution is 2.21. The molecule has 0 aliphatic carbocycles. The third-order valence-corrected chi connectivity index (χ3v) is 3.98. The Morgan fingerprint density at radius 3 is 2.88 bits per heavy atom. The predicted octanol–water partition coefficient (Wildman–Crippen LogP) is 2.40. The Labute approximate surface area is 144 Å². The summed E-state index contributed by atoms with van der Waals surface area (Å²) >= 11 is 5.86. The van der Waals surface area contributed by atoms with Crippen molar-refractivity contribution >= 4 is 17.7 Å². The molecule has 0 radical (unpaired) electrons. The number of halogens is 1. The van der Waals surface area contributed by atoms with Gasteiger partial charge in [0.1, 0.15) is 11.9 Å². The number of ether oxygens (including phenoxy) is 3. The SMILES string of the molecule is NC(=O)O[C@H]1CCOC[C@@H]1COc1ccc(-n2cc(Cl)cn2)cc1. The topological polar surface area (TPSA) is 88.6 Å². The van der Waals surface area contributed by atoms with Gasteiger partial charge >= 0.3 is 6.09 Å². The number of hydrogen-bond acceptors (Lipinski definition) is 5. The van der Waals surface area contributed by atoms with Gasteiger partial charge in [-0.1, -0.05) is 11.6 Å². The lowest BCUT2D eigenvalue weighted by Crippen LogP contribution is -2.40. The second-order valence-corrected chi connectivity index (χ2v) is 5.94. The van der Waals surface area contributed by atoms with E-state index in [-0.39, 0.29) is 12.0 Å². The highest BCUT2D eigenvalue weighted by Gasteiger charge is 2.29. The molecular weight excluding hydrogens is 334 g/mol. The van der Waals surface area contributed by atoms with Gasteiger partial charge in [0.25, 0.3) is 0 Å². The summed E-state index contributed by atoms with van der Waals surface area (Å²) in [7, 11) is 0. The number of nitrogens with zero attached hydrogens (tertiary/aromatic N) is 2. The van der Waals surface area contributed by atoms with E-state index in [9.17, 15) is 4.79 Å². The zero-order chi connectivity index (χ0) is 16.9. The molecule has 2 N–H and O–H groups in total. The van der Waals surface area contributed by atoms with Crippen molar-refractivity contribution in [3.05, 3.63) is 41.7 Å². The van der Waals surface area contributed by atoms with Crippen LogP contribution in [-0.2, 0) is 9.47 Å². The van der Waals surface area contributed by atoms with Crippen LogP contribution < -0.4 is 10.5 Å². The summed E-state index contributed by atoms with van der Waals surface area (Å²) in [5.41, 5.74) is 5.99. The summed E-state index contributed by atoms with van der Waals surface area (Å²) in [6.07, 6.45) is 2.88. The average Bonchev–Trinajstić information content (AvgIpc) is 3.00. The van der Waals surface area contributed by atoms with E-state index in [1.165, 1.54) is 0 Å². The first-order valence-electron chi connectivity index (χ1n) is 7.59. The second kappa shape index (κ2) is 7.55. The Balaban J connectivity index is 1.58. The summed E-state index contributed by atoms with van der Waals surface area (Å²) in [4.78, 5) is 11.0. The smallest absolute Gasteiger partial charge is 0.404 e. The van der Waals surface area contributed by atoms with Gasteiger partial charge in [0.2, 0.25) is 0 Å². The minimum absolute atomic E-state index is 0.0455. The van der Waals surface area contributed by atoms with Crippen molar-refractivity contribution in [1.29, 1.82) is 0 Å². The van der Waals surface area contributed by atoms with Crippen molar-refractivity contribution in [3.63, 3.8) is 0 Å². The second-order valence-electron chi connectivity index (χ2n) is 5.51. The van der Waals surface area contributed by atoms with Crippen molar-refractivity contribution in [2.24, 2.45) is 11.7 Å². The monoisotopic (exact) mass is 351 g/mol. The Hall–Kier alpha value is -2.25. The minimum Gasteiger partial charge on any atom is -0.493 e. The fourth-order valence-electron chi connectivity index (χ4n) is 2.58. The molecule has 1 aliphatic heterocycles. The molecule has 0 unspecified atom stereocenters. The van der Waals surface area contributed by atoms with E-state index in [2.05, 4.69) is 5.10 Å². The van der Waals surface area contributed by atoms with Gasteiger partial charge < -0.3 is 19.9 Å². The number of primary amides is 1. The van der Waals surface area contributed by atoms with E-state index >= 15 is 0 Å². The molecule has 7 nitrogen and oxygen atoms in total. The van der Waals surface area contributed by atoms with E-state index in [4.69, 9.17) is 31.5 Å². The van der Waals surface area contributed by atoms with Gasteiger partial charge in [0.05, 0.1) is 42.6 Å². The van der Waals surface area contributed by atoms with Crippen LogP contribution in [0, 0.1) is 5.92 Å². The van der Waals surface area contributed by atoms with Crippen LogP contribution in [0.3, 0.4) is 0 Å². The molecule has 2 aromatic rings. The van der Waals surface area contributed by atoms with Crippen molar-refractivity contribution in [2.75, 3.05) is 19.8 Å². The van der Waals surface area contributed by atoms with Crippen LogP contribution in [0.2, 0.25) is 5.02 Å². The molecule has 3 rings (SSSR count). The molecule has 1 aromatic carbocycles. The fraction of sp³-hybridized carbons (Fsp3) is 0.375. The lowest BCUT2D eigenvalue weighted by Gasteiger charge is -2.30. The molecule has 1 amide bonds. The zero-order valence-corrected chi connectivity index (χ0v) is 13.7. The number of carbonyl (C=O) groups excluding carboxylic acids is 1. The summed E-state index contributed by atoms with van der Waals surface area (Å²) in [6.45, 7) is 1.41. The van der Waals surface area contributed by atoms with Gasteiger partial charge in [-0.2, -0.15) is 5.10 Å². The van der Waals surface area contributed by atoms with Crippen LogP contribution in [0.25, 0.3) is 5.69 Å². The van der Waals surface area contributed by atoms with Gasteiger partial charge in [-0.25, -0.2) is 9.48 Å². The number of benzene rings is 1. The van der Waals surface area contributed by atoms with Crippen LogP contribution in [0.4, 0.5) is 4.79 Å². The lowest BCUT2D eigenvalue weighted by atomic mass is 9.99. The number of amides is 1. The van der Waals surface area contributed by atoms with Crippen LogP contribution >= 0.6 is 11.6 Å². The van der Waals surface area contributed by atoms with E-state index in [1.54, 1.807) is 17.1 Å². The third-order valence-electron chi connectivity index (χ3n) is 3.79. The first kappa shape index (κ1) is 16.6. The number of nitrogens with two attached hydrogens (primary N) is 1. The van der Waals surface area contributed by atoms with E-state index < -0.39 is 6.09 Å². The molecule has 1 aliphatic rings. The highest BCUT2D eigenvalue weighted by atomic mass is 35.5. The summed E-state index contributed by atoms with van der Waals surface area (Å²) < 4.78 is 18.0. The molecule has 0 bridgehead atoms. The zero-order valence-electron chi connectivity index (χ0n) is 12.9. The maximum absolute atomic E-state index is 11.0. The Morgan fingerprint density at radius 1 is 1.42 bits per heavy atom. The van der Waals surface area contributed by atoms with Gasteiger partial charge in [0.15, 0.2) is 0 Å². The molecule has 24 heavy (non-hydrogen) atoms. The number of hydrogen-bond donors (Lipinski definition) is 1. The normalized spacial score (nSPS) is 20.5. The van der Waals surface area contributed by atoms with E-state index in [0.717, 1.165) is 5.69 Å². The van der Waals surface area contributed by atoms with Crippen molar-refractivity contribution in [3.8, 4) is 11.4 Å². The maximum atomic E-state index is 11.0. The lowest BCUT2D eigenvalue weighted by molar-refractivity contribution is -0.0541. The minimum atomic E-state index is -0.769. The Bertz CT molecular complexity index is 689. The quantitative estimate of drug-likeness (QED) is 0.893. The van der Waals surface area contributed by atoms with Crippen molar-refractivity contribution in [2.45, 2.75) is 12.5 Å². The summed E-state index contributed by atoms with van der Waals surface area (Å²) in [5.74, 6) is 0.663. The molecule has 1 aromatic heterocycles. The molecule has 1 fully saturated rings. The summed E-state index contributed by atoms with van der Waals surface area (Å²) in [5, 5.41) is 4.72. The molecule has 0 spiro atoms. The van der Waals surface area contributed by atoms with Crippen LogP contribution in [0.5, 0.6) is 5.75 Å². The molecule has 2 heterocycles. The summed E-state index contributed by atoms with van der Waals surface area (Å²) in [6, 6.07) is 7.46. The number of rotatable bonds is 5. The molecular formula is C16H18ClN3O4. The van der Waals surface area contributed by atoms with Gasteiger partial charge in [-0.15, -0.1) is 0 Å². The molecule has 128 valence electrons.